The number of aromatic nitrogens is 4. The molecule has 0 spiro atoms. The molecule has 128 heavy (non-hydrogen) atoms. The molecule has 8 aliphatic rings. The number of nitrogens with zero attached hydrogens (tertiary/aromatic N) is 9. The van der Waals surface area contributed by atoms with Crippen molar-refractivity contribution in [2.45, 2.75) is 219 Å². The fourth-order valence-corrected chi connectivity index (χ4v) is 16.4. The van der Waals surface area contributed by atoms with Crippen LogP contribution in [0.4, 0.5) is 106 Å². The van der Waals surface area contributed by atoms with E-state index in [1.807, 2.05) is 96.1 Å². The van der Waals surface area contributed by atoms with Gasteiger partial charge in [-0.05, 0) is 230 Å². The number of esters is 1. The predicted molar refractivity (Wildman–Crippen MR) is 483 cm³/mol. The van der Waals surface area contributed by atoms with Gasteiger partial charge in [-0.15, -0.1) is 0 Å². The number of aliphatic hydroxyl groups excluding tert-OH is 1. The zero-order chi connectivity index (χ0) is 92.3. The molecule has 5 amide bonds. The topological polar surface area (TPSA) is 310 Å². The molecule has 0 aliphatic carbocycles. The number of hydrogen-bond donors (Lipinski definition) is 4. The Bertz CT molecular complexity index is 5270. The largest absolute Gasteiger partial charge is 0.469 e. The van der Waals surface area contributed by atoms with Crippen molar-refractivity contribution >= 4 is 121 Å². The summed E-state index contributed by atoms with van der Waals surface area (Å²) in [4.78, 5) is 101. The van der Waals surface area contributed by atoms with E-state index in [0.717, 1.165) is 69.6 Å². The highest BCUT2D eigenvalue weighted by atomic mass is 79.9. The molecule has 4 N–H and O–H groups in total. The Morgan fingerprint density at radius 3 is 1.20 bits per heavy atom. The van der Waals surface area contributed by atoms with Gasteiger partial charge in [-0.1, -0.05) is 58.4 Å². The molecule has 4 aromatic heterocycles. The zero-order valence-electron chi connectivity index (χ0n) is 74.9. The van der Waals surface area contributed by atoms with Crippen molar-refractivity contribution in [1.29, 1.82) is 0 Å². The quantitative estimate of drug-likeness (QED) is 0.0654. The van der Waals surface area contributed by atoms with Crippen molar-refractivity contribution in [1.82, 2.24) is 19.9 Å². The van der Waals surface area contributed by atoms with Crippen molar-refractivity contribution in [2.24, 2.45) is 5.92 Å². The molecule has 0 bridgehead atoms. The molecule has 8 aromatic rings. The van der Waals surface area contributed by atoms with Crippen LogP contribution in [-0.4, -0.2) is 163 Å². The van der Waals surface area contributed by atoms with Gasteiger partial charge in [0.25, 0.3) is 0 Å². The second-order valence-electron chi connectivity index (χ2n) is 36.4. The molecule has 4 aromatic carbocycles. The minimum atomic E-state index is -2.54. The minimum Gasteiger partial charge on any atom is -0.469 e. The van der Waals surface area contributed by atoms with Crippen LogP contribution in [0.2, 0.25) is 0 Å². The third kappa shape index (κ3) is 23.1. The van der Waals surface area contributed by atoms with E-state index in [0.29, 0.717) is 121 Å². The summed E-state index contributed by atoms with van der Waals surface area (Å²) >= 11 is 3.47. The van der Waals surface area contributed by atoms with Crippen LogP contribution in [0, 0.1) is 5.92 Å². The van der Waals surface area contributed by atoms with Crippen LogP contribution in [0.5, 0.6) is 0 Å². The third-order valence-corrected chi connectivity index (χ3v) is 23.3. The number of nitrogens with one attached hydrogen (secondary N) is 3. The SMILES string of the molecule is CC(=O)N1Cc2cccnc2Nc2ccc(C3(C(F)F)CCOCC3)cc21.CC(C)(C)OC(=O)N1Cc2cccnc2N(C(=O)OC(C)(C)C)c2ccc(Br)cc21.CC(C)(C)OC(=O)N1Cc2cccnc2Nc2ccc(C3(C(F)F)CCOCC3)cc21.CC(C)(C)OC(=O)N1Cc2cccnc2Nc2ccc(C3(CO)CCOCC3)cc21.COC(=O)C1CCOCC1. The van der Waals surface area contributed by atoms with Gasteiger partial charge in [-0.2, -0.15) is 0 Å². The van der Waals surface area contributed by atoms with Crippen molar-refractivity contribution in [3.63, 3.8) is 0 Å². The first kappa shape index (κ1) is 96.0. The molecule has 4 fully saturated rings. The zero-order valence-corrected chi connectivity index (χ0v) is 76.5. The molecule has 686 valence electrons. The number of alkyl halides is 4. The molecule has 4 saturated heterocycles. The lowest BCUT2D eigenvalue weighted by Gasteiger charge is -2.37. The van der Waals surface area contributed by atoms with Crippen LogP contribution in [0.15, 0.2) is 151 Å². The standard InChI is InChI=1S/C23H27F2N3O3.C23H29N3O4.C22H26BrN3O4.C20H21F2N3O2.C7H12O3/c1-22(2,3)31-21(29)28-14-15-5-4-10-26-19(15)27-17-7-6-16(13-18(17)28)23(20(24)25)8-11-30-12-9-23;1-22(2,3)30-21(28)26-14-16-5-4-10-24-20(16)25-18-7-6-17(13-19(18)26)23(15-27)8-11-29-12-9-23;1-21(2,3)29-19(27)25-13-14-8-7-11-24-18(14)26(20(28)30-22(4,5)6)16-10-9-15(23)12-17(16)25;1-13(26)25-12-14-3-2-8-23-18(14)24-16-5-4-15(11-17(16)25)20(19(21)22)6-9-27-10-7-20;1-9-7(8)6-2-4-10-5-3-6/h4-7,10,13,20H,8-9,11-12,14H2,1-3H3,(H,26,27);4-7,10,13,27H,8-9,11-12,14-15H2,1-3H3,(H,24,25);7-12H,13H2,1-6H3;2-5,8,11,19H,6-7,9-10,12H2,1H3,(H,23,24);6H,2-5H2,1H3. The molecule has 12 heterocycles. The van der Waals surface area contributed by atoms with Crippen molar-refractivity contribution in [3.05, 3.63) is 190 Å². The Morgan fingerprint density at radius 1 is 0.445 bits per heavy atom. The number of pyridine rings is 4. The summed E-state index contributed by atoms with van der Waals surface area (Å²) in [5.41, 5.74) is 4.64. The highest BCUT2D eigenvalue weighted by Gasteiger charge is 2.47. The first-order chi connectivity index (χ1) is 60.7. The maximum Gasteiger partial charge on any atom is 0.420 e. The maximum atomic E-state index is 14.3. The fraction of sp³-hybridized carbons (Fsp3) is 0.474. The van der Waals surface area contributed by atoms with Crippen LogP contribution in [0.1, 0.15) is 180 Å². The number of ether oxygens (including phenoxy) is 9. The second kappa shape index (κ2) is 40.7. The van der Waals surface area contributed by atoms with Crippen LogP contribution in [0.3, 0.4) is 0 Å². The van der Waals surface area contributed by atoms with Crippen LogP contribution >= 0.6 is 15.9 Å². The minimum absolute atomic E-state index is 0.0385. The number of methoxy groups -OCH3 is 1. The van der Waals surface area contributed by atoms with Gasteiger partial charge in [0.15, 0.2) is 0 Å². The number of halogens is 5. The molecule has 0 atom stereocenters. The van der Waals surface area contributed by atoms with E-state index in [-0.39, 0.29) is 81.8 Å². The molecule has 8 aliphatic heterocycles. The van der Waals surface area contributed by atoms with Crippen molar-refractivity contribution < 1.29 is 94.1 Å². The number of aliphatic hydroxyl groups is 1. The summed E-state index contributed by atoms with van der Waals surface area (Å²) in [6.45, 7) is 28.2. The van der Waals surface area contributed by atoms with Crippen molar-refractivity contribution in [3.8, 4) is 0 Å². The maximum absolute atomic E-state index is 14.3. The number of amides is 5. The summed E-state index contributed by atoms with van der Waals surface area (Å²) in [6, 6.07) is 36.5. The Kier molecular flexibility index (Phi) is 30.5. The summed E-state index contributed by atoms with van der Waals surface area (Å²) < 4.78 is 106. The van der Waals surface area contributed by atoms with Gasteiger partial charge in [0, 0.05) is 117 Å². The Hall–Kier alpha value is -11.1. The lowest BCUT2D eigenvalue weighted by atomic mass is 9.74. The van der Waals surface area contributed by atoms with E-state index in [4.69, 9.17) is 37.9 Å². The van der Waals surface area contributed by atoms with Gasteiger partial charge in [-0.3, -0.25) is 24.3 Å². The molecular formula is C95H115BrF4N12O16. The van der Waals surface area contributed by atoms with Crippen LogP contribution < -0.4 is 40.4 Å². The summed E-state index contributed by atoms with van der Waals surface area (Å²) in [5, 5.41) is 20.1. The van der Waals surface area contributed by atoms with E-state index < -0.39 is 70.5 Å². The molecule has 16 rings (SSSR count). The van der Waals surface area contributed by atoms with E-state index in [1.54, 1.807) is 143 Å². The number of rotatable bonds is 7. The molecule has 0 saturated carbocycles. The number of hydrogen-bond acceptors (Lipinski definition) is 23. The second-order valence-corrected chi connectivity index (χ2v) is 37.4. The highest BCUT2D eigenvalue weighted by molar-refractivity contribution is 9.10. The Morgan fingerprint density at radius 2 is 0.797 bits per heavy atom. The molecule has 0 radical (unpaired) electrons. The molecule has 0 unspecified atom stereocenters. The van der Waals surface area contributed by atoms with Gasteiger partial charge in [0.2, 0.25) is 18.8 Å². The third-order valence-electron chi connectivity index (χ3n) is 22.8. The number of benzene rings is 4. The summed E-state index contributed by atoms with van der Waals surface area (Å²) in [5.74, 6) is 2.27. The number of carbonyl (C=O) groups is 6. The fourth-order valence-electron chi connectivity index (χ4n) is 16.1. The van der Waals surface area contributed by atoms with Gasteiger partial charge < -0.3 is 68.6 Å². The van der Waals surface area contributed by atoms with Gasteiger partial charge in [0.05, 0.1) is 102 Å². The van der Waals surface area contributed by atoms with Crippen molar-refractivity contribution in [2.75, 3.05) is 107 Å². The summed E-state index contributed by atoms with van der Waals surface area (Å²) in [7, 11) is 1.43. The molecular weight excluding hydrogens is 1720 g/mol. The van der Waals surface area contributed by atoms with E-state index in [9.17, 15) is 51.4 Å². The molecule has 33 heteroatoms. The normalized spacial score (nSPS) is 17.2. The summed E-state index contributed by atoms with van der Waals surface area (Å²) in [6.07, 6.45) is 3.69. The Balaban J connectivity index is 0.000000149. The monoisotopic (exact) mass is 1830 g/mol. The predicted octanol–water partition coefficient (Wildman–Crippen LogP) is 20.3. The first-order valence-corrected chi connectivity index (χ1v) is 43.7. The number of fused-ring (bicyclic) bond motifs is 8. The lowest BCUT2D eigenvalue weighted by molar-refractivity contribution is -0.148. The van der Waals surface area contributed by atoms with E-state index >= 15 is 0 Å². The van der Waals surface area contributed by atoms with E-state index in [2.05, 4.69) is 56.6 Å². The number of carbonyl (C=O) groups excluding carboxylic acids is 6. The van der Waals surface area contributed by atoms with Gasteiger partial charge in [0.1, 0.15) is 45.7 Å². The molecule has 28 nitrogen and oxygen atoms in total. The first-order valence-electron chi connectivity index (χ1n) is 42.9. The van der Waals surface area contributed by atoms with Crippen LogP contribution in [0.25, 0.3) is 0 Å². The smallest absolute Gasteiger partial charge is 0.420 e. The highest BCUT2D eigenvalue weighted by Crippen LogP contribution is 2.50. The average molecular weight is 1840 g/mol. The lowest BCUT2D eigenvalue weighted by Crippen LogP contribution is -2.41. The number of anilines is 12. The van der Waals surface area contributed by atoms with E-state index in [1.165, 1.54) is 28.7 Å². The van der Waals surface area contributed by atoms with Crippen LogP contribution in [-0.2, 0) is 94.6 Å². The van der Waals surface area contributed by atoms with Gasteiger partial charge in [-0.25, -0.2) is 61.6 Å². The average Bonchev–Trinajstić information content (AvgIpc) is 1.74. The Labute approximate surface area is 752 Å². The van der Waals surface area contributed by atoms with Gasteiger partial charge >= 0.3 is 30.3 Å².